The average Bonchev–Trinajstić information content (AvgIpc) is 2.59. The predicted molar refractivity (Wildman–Crippen MR) is 105 cm³/mol. The minimum atomic E-state index is -3.65. The van der Waals surface area contributed by atoms with Gasteiger partial charge in [0, 0.05) is 12.1 Å². The number of hydrogen-bond donors (Lipinski definition) is 1. The molecule has 0 heterocycles. The normalized spacial score (nSPS) is 12.5. The van der Waals surface area contributed by atoms with Gasteiger partial charge < -0.3 is 5.32 Å². The van der Waals surface area contributed by atoms with Crippen molar-refractivity contribution in [1.29, 1.82) is 0 Å². The summed E-state index contributed by atoms with van der Waals surface area (Å²) in [4.78, 5) is 23.8. The molecular weight excluding hydrogens is 352 g/mol. The Hall–Kier alpha value is -1.89. The number of nitrogens with one attached hydrogen (secondary N) is 1. The Morgan fingerprint density at radius 2 is 1.92 bits per heavy atom. The van der Waals surface area contributed by atoms with Crippen molar-refractivity contribution in [2.45, 2.75) is 46.5 Å². The zero-order valence-electron chi connectivity index (χ0n) is 16.1. The molecule has 0 radical (unpaired) electrons. The third-order valence-electron chi connectivity index (χ3n) is 4.36. The van der Waals surface area contributed by atoms with Gasteiger partial charge in [-0.3, -0.25) is 13.9 Å². The van der Waals surface area contributed by atoms with Crippen LogP contribution in [-0.4, -0.2) is 39.5 Å². The Morgan fingerprint density at radius 1 is 1.23 bits per heavy atom. The maximum absolute atomic E-state index is 12.3. The summed E-state index contributed by atoms with van der Waals surface area (Å²) in [7, 11) is -3.65. The first-order valence-electron chi connectivity index (χ1n) is 9.04. The highest BCUT2D eigenvalue weighted by Gasteiger charge is 2.21. The lowest BCUT2D eigenvalue weighted by Crippen LogP contribution is -2.41. The summed E-state index contributed by atoms with van der Waals surface area (Å²) >= 11 is 0. The number of amides is 1. The van der Waals surface area contributed by atoms with Gasteiger partial charge in [0.25, 0.3) is 0 Å². The topological polar surface area (TPSA) is 83.6 Å². The fourth-order valence-electron chi connectivity index (χ4n) is 2.67. The molecule has 1 N–H and O–H groups in total. The standard InChI is InChI=1S/C19H30N2O4S/c1-5-7-9-16(6-2)13-20-19(23)14-21(26(4,24)25)18-11-8-10-17(12-18)15(3)22/h8,10-12,16H,5-7,9,13-14H2,1-4H3,(H,20,23)/t16-/m0/s1. The lowest BCUT2D eigenvalue weighted by molar-refractivity contribution is -0.119. The summed E-state index contributed by atoms with van der Waals surface area (Å²) in [5.41, 5.74) is 0.718. The summed E-state index contributed by atoms with van der Waals surface area (Å²) in [6.07, 6.45) is 5.29. The molecule has 7 heteroatoms. The van der Waals surface area contributed by atoms with E-state index in [1.54, 1.807) is 18.2 Å². The molecule has 0 saturated carbocycles. The number of benzene rings is 1. The first kappa shape index (κ1) is 22.2. The quantitative estimate of drug-likeness (QED) is 0.596. The van der Waals surface area contributed by atoms with Gasteiger partial charge in [-0.15, -0.1) is 0 Å². The van der Waals surface area contributed by atoms with E-state index in [1.807, 2.05) is 0 Å². The van der Waals surface area contributed by atoms with Crippen molar-refractivity contribution in [3.8, 4) is 0 Å². The highest BCUT2D eigenvalue weighted by molar-refractivity contribution is 7.92. The molecule has 1 amide bonds. The summed E-state index contributed by atoms with van der Waals surface area (Å²) in [5, 5.41) is 2.84. The van der Waals surface area contributed by atoms with E-state index in [-0.39, 0.29) is 18.2 Å². The van der Waals surface area contributed by atoms with E-state index in [9.17, 15) is 18.0 Å². The third-order valence-corrected chi connectivity index (χ3v) is 5.50. The van der Waals surface area contributed by atoms with E-state index in [1.165, 1.54) is 13.0 Å². The highest BCUT2D eigenvalue weighted by Crippen LogP contribution is 2.19. The van der Waals surface area contributed by atoms with Crippen LogP contribution in [-0.2, 0) is 14.8 Å². The van der Waals surface area contributed by atoms with Crippen molar-refractivity contribution in [2.75, 3.05) is 23.7 Å². The van der Waals surface area contributed by atoms with E-state index in [0.29, 0.717) is 23.7 Å². The fraction of sp³-hybridized carbons (Fsp3) is 0.579. The Labute approximate surface area is 157 Å². The number of anilines is 1. The number of hydrogen-bond acceptors (Lipinski definition) is 4. The molecule has 0 spiro atoms. The lowest BCUT2D eigenvalue weighted by Gasteiger charge is -2.23. The second kappa shape index (κ2) is 10.3. The number of nitrogens with zero attached hydrogens (tertiary/aromatic N) is 1. The molecular formula is C19H30N2O4S. The van der Waals surface area contributed by atoms with Gasteiger partial charge in [-0.2, -0.15) is 0 Å². The van der Waals surface area contributed by atoms with Crippen molar-refractivity contribution in [3.63, 3.8) is 0 Å². The summed E-state index contributed by atoms with van der Waals surface area (Å²) in [6.45, 7) is 5.87. The van der Waals surface area contributed by atoms with Crippen LogP contribution >= 0.6 is 0 Å². The van der Waals surface area contributed by atoms with Crippen molar-refractivity contribution < 1.29 is 18.0 Å². The number of carbonyl (C=O) groups is 2. The SMILES string of the molecule is CCCC[C@H](CC)CNC(=O)CN(c1cccc(C(C)=O)c1)S(C)(=O)=O. The minimum absolute atomic E-state index is 0.161. The van der Waals surface area contributed by atoms with Crippen LogP contribution in [0.5, 0.6) is 0 Å². The van der Waals surface area contributed by atoms with Gasteiger partial charge in [0.2, 0.25) is 15.9 Å². The Balaban J connectivity index is 2.84. The lowest BCUT2D eigenvalue weighted by atomic mass is 9.99. The molecule has 0 aromatic heterocycles. The van der Waals surface area contributed by atoms with E-state index in [0.717, 1.165) is 36.2 Å². The maximum atomic E-state index is 12.3. The van der Waals surface area contributed by atoms with Crippen LogP contribution in [0.25, 0.3) is 0 Å². The van der Waals surface area contributed by atoms with Crippen molar-refractivity contribution in [2.24, 2.45) is 5.92 Å². The van der Waals surface area contributed by atoms with Crippen molar-refractivity contribution >= 4 is 27.4 Å². The Bertz CT molecular complexity index is 716. The number of unbranched alkanes of at least 4 members (excludes halogenated alkanes) is 1. The van der Waals surface area contributed by atoms with E-state index in [4.69, 9.17) is 0 Å². The molecule has 1 aromatic carbocycles. The van der Waals surface area contributed by atoms with Gasteiger partial charge in [0.05, 0.1) is 11.9 Å². The molecule has 0 aliphatic rings. The molecule has 0 saturated heterocycles. The number of ketones is 1. The van der Waals surface area contributed by atoms with E-state index < -0.39 is 10.0 Å². The second-order valence-electron chi connectivity index (χ2n) is 6.60. The molecule has 146 valence electrons. The molecule has 1 aromatic rings. The molecule has 6 nitrogen and oxygen atoms in total. The highest BCUT2D eigenvalue weighted by atomic mass is 32.2. The zero-order valence-corrected chi connectivity index (χ0v) is 16.9. The van der Waals surface area contributed by atoms with E-state index in [2.05, 4.69) is 19.2 Å². The first-order valence-corrected chi connectivity index (χ1v) is 10.9. The molecule has 0 unspecified atom stereocenters. The maximum Gasteiger partial charge on any atom is 0.240 e. The molecule has 0 fully saturated rings. The number of sulfonamides is 1. The van der Waals surface area contributed by atoms with Crippen LogP contribution in [0.1, 0.15) is 56.8 Å². The van der Waals surface area contributed by atoms with Gasteiger partial charge in [-0.1, -0.05) is 45.2 Å². The summed E-state index contributed by atoms with van der Waals surface area (Å²) in [5.74, 6) is -0.114. The molecule has 1 rings (SSSR count). The van der Waals surface area contributed by atoms with Crippen LogP contribution < -0.4 is 9.62 Å². The van der Waals surface area contributed by atoms with Gasteiger partial charge >= 0.3 is 0 Å². The van der Waals surface area contributed by atoms with Crippen LogP contribution in [0.15, 0.2) is 24.3 Å². The summed E-state index contributed by atoms with van der Waals surface area (Å²) < 4.78 is 25.3. The first-order chi connectivity index (χ1) is 12.2. The monoisotopic (exact) mass is 382 g/mol. The van der Waals surface area contributed by atoms with Gasteiger partial charge in [-0.05, 0) is 31.4 Å². The van der Waals surface area contributed by atoms with E-state index >= 15 is 0 Å². The predicted octanol–water partition coefficient (Wildman–Crippen LogP) is 2.99. The largest absolute Gasteiger partial charge is 0.354 e. The van der Waals surface area contributed by atoms with Crippen LogP contribution in [0.3, 0.4) is 0 Å². The van der Waals surface area contributed by atoms with Crippen molar-refractivity contribution in [3.05, 3.63) is 29.8 Å². The average molecular weight is 383 g/mol. The Morgan fingerprint density at radius 3 is 2.46 bits per heavy atom. The van der Waals surface area contributed by atoms with Crippen LogP contribution in [0, 0.1) is 5.92 Å². The molecule has 26 heavy (non-hydrogen) atoms. The molecule has 0 aliphatic carbocycles. The van der Waals surface area contributed by atoms with Gasteiger partial charge in [0.15, 0.2) is 5.78 Å². The number of carbonyl (C=O) groups excluding carboxylic acids is 2. The molecule has 0 aliphatic heterocycles. The third kappa shape index (κ3) is 7.15. The minimum Gasteiger partial charge on any atom is -0.354 e. The van der Waals surface area contributed by atoms with Gasteiger partial charge in [0.1, 0.15) is 6.54 Å². The van der Waals surface area contributed by atoms with Crippen LogP contribution in [0.4, 0.5) is 5.69 Å². The smallest absolute Gasteiger partial charge is 0.240 e. The fourth-order valence-corrected chi connectivity index (χ4v) is 3.52. The van der Waals surface area contributed by atoms with Crippen LogP contribution in [0.2, 0.25) is 0 Å². The zero-order chi connectivity index (χ0) is 19.7. The Kier molecular flexibility index (Phi) is 8.78. The number of Topliss-reactive ketones (excluding diaryl/α,β-unsaturated/α-hetero) is 1. The van der Waals surface area contributed by atoms with Gasteiger partial charge in [-0.25, -0.2) is 8.42 Å². The molecule has 1 atom stereocenters. The summed E-state index contributed by atoms with van der Waals surface area (Å²) in [6, 6.07) is 6.30. The second-order valence-corrected chi connectivity index (χ2v) is 8.50. The van der Waals surface area contributed by atoms with Crippen molar-refractivity contribution in [1.82, 2.24) is 5.32 Å². The number of rotatable bonds is 11. The molecule has 0 bridgehead atoms.